The Labute approximate surface area is 158 Å². The first kappa shape index (κ1) is 17.1. The van der Waals surface area contributed by atoms with Crippen molar-refractivity contribution in [3.05, 3.63) is 83.6 Å². The first-order valence-electron chi connectivity index (χ1n) is 8.15. The summed E-state index contributed by atoms with van der Waals surface area (Å²) in [4.78, 5) is 17.5. The zero-order chi connectivity index (χ0) is 18.8. The number of benzene rings is 2. The predicted octanol–water partition coefficient (Wildman–Crippen LogP) is 5.02. The summed E-state index contributed by atoms with van der Waals surface area (Å²) < 4.78 is 19.4. The van der Waals surface area contributed by atoms with E-state index in [-0.39, 0.29) is 0 Å². The summed E-state index contributed by atoms with van der Waals surface area (Å²) in [5.41, 5.74) is 2.20. The first-order chi connectivity index (χ1) is 13.1. The number of carbonyl (C=O) groups is 1. The van der Waals surface area contributed by atoms with Gasteiger partial charge in [-0.15, -0.1) is 0 Å². The van der Waals surface area contributed by atoms with Crippen LogP contribution < -0.4 is 5.01 Å². The number of thiazole rings is 1. The van der Waals surface area contributed by atoms with Gasteiger partial charge >= 0.3 is 0 Å². The van der Waals surface area contributed by atoms with Gasteiger partial charge in [0.2, 0.25) is 5.13 Å². The smallest absolute Gasteiger partial charge is 0.280 e. The molecule has 0 fully saturated rings. The van der Waals surface area contributed by atoms with Gasteiger partial charge < -0.3 is 4.42 Å². The molecule has 1 amide bonds. The minimum absolute atomic E-state index is 0.309. The summed E-state index contributed by atoms with van der Waals surface area (Å²) in [6.45, 7) is 2.00. The summed E-state index contributed by atoms with van der Waals surface area (Å²) in [5, 5.41) is 5.90. The Bertz CT molecular complexity index is 1120. The molecule has 27 heavy (non-hydrogen) atoms. The standard InChI is InChI=1S/C20H14FN3O2S/c1-13-4-9-17-18(11-13)27-20(23-17)24(22-12-16-3-2-10-26-16)19(25)14-5-7-15(21)8-6-14/h2-12H,1H3/b22-12+. The van der Waals surface area contributed by atoms with Crippen LogP contribution in [0.4, 0.5) is 9.52 Å². The fourth-order valence-electron chi connectivity index (χ4n) is 2.49. The summed E-state index contributed by atoms with van der Waals surface area (Å²) in [5.74, 6) is -0.315. The van der Waals surface area contributed by atoms with Crippen LogP contribution in [0, 0.1) is 12.7 Å². The molecule has 0 spiro atoms. The van der Waals surface area contributed by atoms with E-state index in [4.69, 9.17) is 4.42 Å². The highest BCUT2D eigenvalue weighted by atomic mass is 32.1. The number of hydrazone groups is 1. The van der Waals surface area contributed by atoms with Crippen molar-refractivity contribution < 1.29 is 13.6 Å². The Morgan fingerprint density at radius 2 is 2.04 bits per heavy atom. The second kappa shape index (κ2) is 7.13. The number of amides is 1. The van der Waals surface area contributed by atoms with E-state index in [1.165, 1.54) is 53.1 Å². The molecule has 5 nitrogen and oxygen atoms in total. The fraction of sp³-hybridized carbons (Fsp3) is 0.0500. The van der Waals surface area contributed by atoms with E-state index in [1.54, 1.807) is 12.1 Å². The number of halogens is 1. The molecule has 0 N–H and O–H groups in total. The Morgan fingerprint density at radius 3 is 2.78 bits per heavy atom. The lowest BCUT2D eigenvalue weighted by Crippen LogP contribution is -2.25. The quantitative estimate of drug-likeness (QED) is 0.370. The van der Waals surface area contributed by atoms with Crippen molar-refractivity contribution in [2.75, 3.05) is 5.01 Å². The highest BCUT2D eigenvalue weighted by molar-refractivity contribution is 7.22. The zero-order valence-corrected chi connectivity index (χ0v) is 15.1. The van der Waals surface area contributed by atoms with E-state index in [2.05, 4.69) is 10.1 Å². The molecule has 0 saturated heterocycles. The molecule has 0 saturated carbocycles. The first-order valence-corrected chi connectivity index (χ1v) is 8.96. The van der Waals surface area contributed by atoms with E-state index in [1.807, 2.05) is 25.1 Å². The van der Waals surface area contributed by atoms with Crippen LogP contribution in [0.5, 0.6) is 0 Å². The maximum absolute atomic E-state index is 13.2. The van der Waals surface area contributed by atoms with Crippen molar-refractivity contribution in [1.29, 1.82) is 0 Å². The fourth-order valence-corrected chi connectivity index (χ4v) is 3.51. The number of fused-ring (bicyclic) bond motifs is 1. The molecule has 7 heteroatoms. The lowest BCUT2D eigenvalue weighted by Gasteiger charge is -2.13. The van der Waals surface area contributed by atoms with Crippen molar-refractivity contribution >= 4 is 38.8 Å². The van der Waals surface area contributed by atoms with E-state index < -0.39 is 11.7 Å². The summed E-state index contributed by atoms with van der Waals surface area (Å²) in [6, 6.07) is 14.7. The molecule has 0 bridgehead atoms. The summed E-state index contributed by atoms with van der Waals surface area (Å²) >= 11 is 1.36. The van der Waals surface area contributed by atoms with E-state index in [9.17, 15) is 9.18 Å². The van der Waals surface area contributed by atoms with Gasteiger partial charge in [0.1, 0.15) is 11.6 Å². The van der Waals surface area contributed by atoms with Gasteiger partial charge in [-0.3, -0.25) is 4.79 Å². The van der Waals surface area contributed by atoms with E-state index in [0.29, 0.717) is 16.5 Å². The van der Waals surface area contributed by atoms with Gasteiger partial charge in [-0.25, -0.2) is 9.37 Å². The van der Waals surface area contributed by atoms with Crippen LogP contribution in [0.2, 0.25) is 0 Å². The Morgan fingerprint density at radius 1 is 1.22 bits per heavy atom. The number of hydrogen-bond acceptors (Lipinski definition) is 5. The monoisotopic (exact) mass is 379 g/mol. The molecule has 4 aromatic rings. The van der Waals surface area contributed by atoms with Crippen molar-refractivity contribution in [2.24, 2.45) is 5.10 Å². The van der Waals surface area contributed by atoms with Crippen molar-refractivity contribution in [2.45, 2.75) is 6.92 Å². The highest BCUT2D eigenvalue weighted by Crippen LogP contribution is 2.30. The molecule has 4 rings (SSSR count). The Kier molecular flexibility index (Phi) is 4.52. The van der Waals surface area contributed by atoms with Crippen molar-refractivity contribution in [3.63, 3.8) is 0 Å². The number of anilines is 1. The van der Waals surface area contributed by atoms with Crippen molar-refractivity contribution in [3.8, 4) is 0 Å². The summed E-state index contributed by atoms with van der Waals surface area (Å²) in [7, 11) is 0. The molecule has 0 atom stereocenters. The Hall–Kier alpha value is -3.32. The number of aryl methyl sites for hydroxylation is 1. The summed E-state index contributed by atoms with van der Waals surface area (Å²) in [6.07, 6.45) is 2.96. The van der Waals surface area contributed by atoms with E-state index >= 15 is 0 Å². The van der Waals surface area contributed by atoms with E-state index in [0.717, 1.165) is 15.8 Å². The van der Waals surface area contributed by atoms with Gasteiger partial charge in [-0.1, -0.05) is 17.4 Å². The number of hydrogen-bond donors (Lipinski definition) is 0. The second-order valence-electron chi connectivity index (χ2n) is 5.85. The SMILES string of the molecule is Cc1ccc2nc(N(/N=C/c3ccco3)C(=O)c3ccc(F)cc3)sc2c1. The molecule has 134 valence electrons. The predicted molar refractivity (Wildman–Crippen MR) is 104 cm³/mol. The molecule has 0 aliphatic rings. The van der Waals surface area contributed by atoms with Crippen LogP contribution in [0.1, 0.15) is 21.7 Å². The Balaban J connectivity index is 1.76. The normalized spacial score (nSPS) is 11.3. The van der Waals surface area contributed by atoms with Crippen molar-refractivity contribution in [1.82, 2.24) is 4.98 Å². The molecular weight excluding hydrogens is 365 g/mol. The second-order valence-corrected chi connectivity index (χ2v) is 6.86. The number of furan rings is 1. The lowest BCUT2D eigenvalue weighted by atomic mass is 10.2. The average molecular weight is 379 g/mol. The molecule has 0 radical (unpaired) electrons. The maximum atomic E-state index is 13.2. The van der Waals surface area contributed by atoms with Gasteiger partial charge in [-0.2, -0.15) is 10.1 Å². The largest absolute Gasteiger partial charge is 0.463 e. The molecule has 2 aromatic carbocycles. The van der Waals surface area contributed by atoms with Gasteiger partial charge in [0, 0.05) is 5.56 Å². The third-order valence-corrected chi connectivity index (χ3v) is 4.83. The van der Waals surface area contributed by atoms with Crippen LogP contribution in [0.25, 0.3) is 10.2 Å². The van der Waals surface area contributed by atoms with Gasteiger partial charge in [0.05, 0.1) is 22.7 Å². The topological polar surface area (TPSA) is 58.7 Å². The molecule has 0 unspecified atom stereocenters. The number of rotatable bonds is 4. The molecular formula is C20H14FN3O2S. The van der Waals surface area contributed by atoms with Gasteiger partial charge in [0.15, 0.2) is 0 Å². The highest BCUT2D eigenvalue weighted by Gasteiger charge is 2.21. The average Bonchev–Trinajstić information content (AvgIpc) is 3.31. The molecule has 2 heterocycles. The van der Waals surface area contributed by atoms with Gasteiger partial charge in [-0.05, 0) is 61.0 Å². The zero-order valence-electron chi connectivity index (χ0n) is 14.3. The number of carbonyl (C=O) groups excluding carboxylic acids is 1. The van der Waals surface area contributed by atoms with Crippen LogP contribution in [0.3, 0.4) is 0 Å². The lowest BCUT2D eigenvalue weighted by molar-refractivity contribution is 0.0988. The molecule has 0 aliphatic heterocycles. The molecule has 2 aromatic heterocycles. The third kappa shape index (κ3) is 3.63. The van der Waals surface area contributed by atoms with Crippen LogP contribution in [-0.4, -0.2) is 17.1 Å². The van der Waals surface area contributed by atoms with Gasteiger partial charge in [0.25, 0.3) is 5.91 Å². The van der Waals surface area contributed by atoms with Crippen LogP contribution in [-0.2, 0) is 0 Å². The minimum atomic E-state index is -0.410. The van der Waals surface area contributed by atoms with Crippen LogP contribution >= 0.6 is 11.3 Å². The molecule has 0 aliphatic carbocycles. The number of aromatic nitrogens is 1. The third-order valence-electron chi connectivity index (χ3n) is 3.84. The minimum Gasteiger partial charge on any atom is -0.463 e. The number of nitrogens with zero attached hydrogens (tertiary/aromatic N) is 3. The van der Waals surface area contributed by atoms with Crippen LogP contribution in [0.15, 0.2) is 70.4 Å². The maximum Gasteiger partial charge on any atom is 0.280 e.